The highest BCUT2D eigenvalue weighted by Gasteiger charge is 2.60. The van der Waals surface area contributed by atoms with Crippen LogP contribution in [0.4, 0.5) is 24.5 Å². The number of fused-ring (bicyclic) bond motifs is 1. The Kier molecular flexibility index (Phi) is 4.97. The third kappa shape index (κ3) is 3.56. The molecule has 2 saturated heterocycles. The lowest BCUT2D eigenvalue weighted by Gasteiger charge is -2.29. The summed E-state index contributed by atoms with van der Waals surface area (Å²) in [5.41, 5.74) is 1.32. The SMILES string of the molecule is Cc1ccc(N2C(=O)[C@@H]3[C@@H](ON(c4ccccc4)[C@H]3c3cccc(C(F)(F)F)c3)C2=O)cc1. The number of benzene rings is 3. The first-order valence-corrected chi connectivity index (χ1v) is 10.4. The van der Waals surface area contributed by atoms with E-state index in [-0.39, 0.29) is 5.56 Å². The number of hydroxylamine groups is 1. The minimum atomic E-state index is -4.55. The van der Waals surface area contributed by atoms with Gasteiger partial charge in [-0.25, -0.2) is 9.96 Å². The van der Waals surface area contributed by atoms with Crippen molar-refractivity contribution in [3.05, 3.63) is 95.6 Å². The molecule has 5 nitrogen and oxygen atoms in total. The van der Waals surface area contributed by atoms with Crippen molar-refractivity contribution < 1.29 is 27.6 Å². The second kappa shape index (κ2) is 7.74. The number of imide groups is 1. The zero-order valence-electron chi connectivity index (χ0n) is 17.5. The molecule has 2 aliphatic heterocycles. The van der Waals surface area contributed by atoms with Crippen molar-refractivity contribution in [2.75, 3.05) is 9.96 Å². The zero-order valence-corrected chi connectivity index (χ0v) is 17.5. The number of nitrogens with zero attached hydrogens (tertiary/aromatic N) is 2. The fourth-order valence-corrected chi connectivity index (χ4v) is 4.40. The monoisotopic (exact) mass is 452 g/mol. The van der Waals surface area contributed by atoms with Crippen molar-refractivity contribution in [3.63, 3.8) is 0 Å². The van der Waals surface area contributed by atoms with Gasteiger partial charge < -0.3 is 0 Å². The molecule has 3 aromatic rings. The number of amides is 2. The Labute approximate surface area is 187 Å². The fraction of sp³-hybridized carbons (Fsp3) is 0.200. The molecule has 0 saturated carbocycles. The van der Waals surface area contributed by atoms with Crippen LogP contribution in [0, 0.1) is 12.8 Å². The summed E-state index contributed by atoms with van der Waals surface area (Å²) >= 11 is 0. The Bertz CT molecular complexity index is 1210. The van der Waals surface area contributed by atoms with E-state index in [2.05, 4.69) is 0 Å². The van der Waals surface area contributed by atoms with Crippen LogP contribution in [0.1, 0.15) is 22.7 Å². The number of aryl methyl sites for hydroxylation is 1. The largest absolute Gasteiger partial charge is 0.416 e. The number of rotatable bonds is 3. The molecular weight excluding hydrogens is 433 g/mol. The summed E-state index contributed by atoms with van der Waals surface area (Å²) in [5.74, 6) is -2.04. The van der Waals surface area contributed by atoms with E-state index in [9.17, 15) is 22.8 Å². The summed E-state index contributed by atoms with van der Waals surface area (Å²) in [7, 11) is 0. The van der Waals surface area contributed by atoms with Gasteiger partial charge >= 0.3 is 6.18 Å². The van der Waals surface area contributed by atoms with Gasteiger partial charge in [-0.3, -0.25) is 14.4 Å². The van der Waals surface area contributed by atoms with Crippen LogP contribution >= 0.6 is 0 Å². The standard InChI is InChI=1S/C25H19F3N2O3/c1-15-10-12-18(13-11-15)29-23(31)20-21(16-6-5-7-17(14-16)25(26,27)28)30(33-22(20)24(29)32)19-8-3-2-4-9-19/h2-14,20-22H,1H3/t20-,21-,22+/m0/s1. The highest BCUT2D eigenvalue weighted by Crippen LogP contribution is 2.48. The van der Waals surface area contributed by atoms with Crippen molar-refractivity contribution in [3.8, 4) is 0 Å². The van der Waals surface area contributed by atoms with Crippen molar-refractivity contribution in [1.29, 1.82) is 0 Å². The molecule has 0 N–H and O–H groups in total. The summed E-state index contributed by atoms with van der Waals surface area (Å²) < 4.78 is 40.3. The maximum atomic E-state index is 13.5. The number of halogens is 3. The third-order valence-corrected chi connectivity index (χ3v) is 5.97. The van der Waals surface area contributed by atoms with E-state index in [1.54, 1.807) is 54.6 Å². The summed E-state index contributed by atoms with van der Waals surface area (Å²) in [5, 5.41) is 1.38. The molecule has 0 aromatic heterocycles. The Hall–Kier alpha value is -3.65. The molecule has 168 valence electrons. The first-order chi connectivity index (χ1) is 15.8. The molecule has 2 amide bonds. The topological polar surface area (TPSA) is 49.9 Å². The van der Waals surface area contributed by atoms with Crippen LogP contribution in [0.2, 0.25) is 0 Å². The van der Waals surface area contributed by atoms with Gasteiger partial charge in [0.15, 0.2) is 6.10 Å². The lowest BCUT2D eigenvalue weighted by atomic mass is 9.89. The molecule has 2 aliphatic rings. The second-order valence-corrected chi connectivity index (χ2v) is 8.13. The van der Waals surface area contributed by atoms with Gasteiger partial charge in [0.1, 0.15) is 5.92 Å². The van der Waals surface area contributed by atoms with Crippen LogP contribution in [0.15, 0.2) is 78.9 Å². The van der Waals surface area contributed by atoms with Gasteiger partial charge in [-0.1, -0.05) is 48.0 Å². The predicted octanol–water partition coefficient (Wildman–Crippen LogP) is 5.06. The maximum absolute atomic E-state index is 13.5. The predicted molar refractivity (Wildman–Crippen MR) is 115 cm³/mol. The van der Waals surface area contributed by atoms with E-state index in [0.29, 0.717) is 11.4 Å². The molecule has 0 bridgehead atoms. The molecule has 5 rings (SSSR count). The molecule has 0 unspecified atom stereocenters. The fourth-order valence-electron chi connectivity index (χ4n) is 4.40. The number of alkyl halides is 3. The summed E-state index contributed by atoms with van der Waals surface area (Å²) in [6.45, 7) is 1.89. The Morgan fingerprint density at radius 2 is 1.52 bits per heavy atom. The molecule has 2 heterocycles. The zero-order chi connectivity index (χ0) is 23.3. The van der Waals surface area contributed by atoms with Crippen LogP contribution < -0.4 is 9.96 Å². The van der Waals surface area contributed by atoms with Gasteiger partial charge in [0, 0.05) is 0 Å². The Morgan fingerprint density at radius 1 is 0.818 bits per heavy atom. The number of hydrogen-bond donors (Lipinski definition) is 0. The van der Waals surface area contributed by atoms with E-state index in [1.807, 2.05) is 6.92 Å². The van der Waals surface area contributed by atoms with Gasteiger partial charge in [0.05, 0.1) is 23.0 Å². The number of anilines is 2. The quantitative estimate of drug-likeness (QED) is 0.521. The summed E-state index contributed by atoms with van der Waals surface area (Å²) in [6.07, 6.45) is -5.69. The average molecular weight is 452 g/mol. The molecule has 0 spiro atoms. The maximum Gasteiger partial charge on any atom is 0.416 e. The molecule has 3 atom stereocenters. The van der Waals surface area contributed by atoms with Crippen molar-refractivity contribution in [1.82, 2.24) is 0 Å². The summed E-state index contributed by atoms with van der Waals surface area (Å²) in [6, 6.07) is 19.5. The van der Waals surface area contributed by atoms with Gasteiger partial charge in [0.2, 0.25) is 5.91 Å². The Morgan fingerprint density at radius 3 is 2.18 bits per heavy atom. The highest BCUT2D eigenvalue weighted by atomic mass is 19.4. The van der Waals surface area contributed by atoms with E-state index in [0.717, 1.165) is 22.6 Å². The average Bonchev–Trinajstić information content (AvgIpc) is 3.31. The lowest BCUT2D eigenvalue weighted by Crippen LogP contribution is -2.37. The molecule has 0 radical (unpaired) electrons. The number of hydrogen-bond acceptors (Lipinski definition) is 4. The minimum Gasteiger partial charge on any atom is -0.273 e. The Balaban J connectivity index is 1.60. The van der Waals surface area contributed by atoms with Crippen molar-refractivity contribution >= 4 is 23.2 Å². The van der Waals surface area contributed by atoms with Crippen LogP contribution in [0.25, 0.3) is 0 Å². The van der Waals surface area contributed by atoms with Crippen molar-refractivity contribution in [2.45, 2.75) is 25.2 Å². The molecule has 33 heavy (non-hydrogen) atoms. The van der Waals surface area contributed by atoms with E-state index >= 15 is 0 Å². The smallest absolute Gasteiger partial charge is 0.273 e. The number of carbonyl (C=O) groups excluding carboxylic acids is 2. The summed E-state index contributed by atoms with van der Waals surface area (Å²) in [4.78, 5) is 33.8. The number of para-hydroxylation sites is 1. The second-order valence-electron chi connectivity index (χ2n) is 8.13. The molecule has 8 heteroatoms. The molecule has 3 aromatic carbocycles. The van der Waals surface area contributed by atoms with Crippen LogP contribution in [0.3, 0.4) is 0 Å². The number of carbonyl (C=O) groups is 2. The highest BCUT2D eigenvalue weighted by molar-refractivity contribution is 6.23. The normalized spacial score (nSPS) is 22.7. The molecule has 2 fully saturated rings. The lowest BCUT2D eigenvalue weighted by molar-refractivity contribution is -0.137. The molecular formula is C25H19F3N2O3. The van der Waals surface area contributed by atoms with Crippen molar-refractivity contribution in [2.24, 2.45) is 5.92 Å². The minimum absolute atomic E-state index is 0.244. The third-order valence-electron chi connectivity index (χ3n) is 5.97. The van der Waals surface area contributed by atoms with Crippen LogP contribution in [0.5, 0.6) is 0 Å². The van der Waals surface area contributed by atoms with Gasteiger partial charge in [-0.05, 0) is 48.9 Å². The van der Waals surface area contributed by atoms with Gasteiger partial charge in [0.25, 0.3) is 5.91 Å². The van der Waals surface area contributed by atoms with Crippen LogP contribution in [-0.2, 0) is 20.6 Å². The van der Waals surface area contributed by atoms with E-state index in [4.69, 9.17) is 4.84 Å². The van der Waals surface area contributed by atoms with E-state index in [1.165, 1.54) is 17.2 Å². The van der Waals surface area contributed by atoms with Crippen LogP contribution in [-0.4, -0.2) is 17.9 Å². The first-order valence-electron chi connectivity index (χ1n) is 10.4. The first kappa shape index (κ1) is 21.2. The molecule has 0 aliphatic carbocycles. The van der Waals surface area contributed by atoms with E-state index < -0.39 is 41.6 Å². The van der Waals surface area contributed by atoms with Gasteiger partial charge in [-0.2, -0.15) is 13.2 Å². The van der Waals surface area contributed by atoms with Gasteiger partial charge in [-0.15, -0.1) is 0 Å².